The molecule has 0 spiro atoms. The quantitative estimate of drug-likeness (QED) is 0.940. The van der Waals surface area contributed by atoms with Crippen LogP contribution in [0.2, 0.25) is 0 Å². The number of aromatic nitrogens is 1. The lowest BCUT2D eigenvalue weighted by molar-refractivity contribution is 0.0937. The Bertz CT molecular complexity index is 633. The summed E-state index contributed by atoms with van der Waals surface area (Å²) in [5.74, 6) is -1.18. The van der Waals surface area contributed by atoms with Gasteiger partial charge >= 0.3 is 0 Å². The van der Waals surface area contributed by atoms with Gasteiger partial charge in [0.1, 0.15) is 23.0 Å². The monoisotopic (exact) mass is 280 g/mol. The van der Waals surface area contributed by atoms with Crippen LogP contribution in [-0.4, -0.2) is 11.1 Å². The largest absolute Gasteiger partial charge is 0.361 e. The van der Waals surface area contributed by atoms with Crippen molar-refractivity contribution < 1.29 is 18.1 Å². The smallest absolute Gasteiger partial charge is 0.257 e. The number of hydrogen-bond donors (Lipinski definition) is 1. The van der Waals surface area contributed by atoms with Crippen LogP contribution in [-0.2, 0) is 0 Å². The Hall–Kier alpha value is -2.24. The summed E-state index contributed by atoms with van der Waals surface area (Å²) in [4.78, 5) is 12.1. The van der Waals surface area contributed by atoms with Gasteiger partial charge in [-0.3, -0.25) is 4.79 Å². The molecule has 0 radical (unpaired) electrons. The molecule has 1 heterocycles. The minimum absolute atomic E-state index is 0.0881. The summed E-state index contributed by atoms with van der Waals surface area (Å²) in [6, 6.07) is 2.45. The first-order valence-electron chi connectivity index (χ1n) is 6.09. The van der Waals surface area contributed by atoms with Crippen molar-refractivity contribution in [3.63, 3.8) is 0 Å². The highest BCUT2D eigenvalue weighted by Gasteiger charge is 2.21. The molecule has 6 heteroatoms. The Morgan fingerprint density at radius 2 is 2.05 bits per heavy atom. The highest BCUT2D eigenvalue weighted by atomic mass is 19.1. The molecule has 106 valence electrons. The molecular weight excluding hydrogens is 266 g/mol. The van der Waals surface area contributed by atoms with Gasteiger partial charge in [-0.15, -0.1) is 0 Å². The third-order valence-electron chi connectivity index (χ3n) is 3.03. The summed E-state index contributed by atoms with van der Waals surface area (Å²) in [5.41, 5.74) is 0.852. The Kier molecular flexibility index (Phi) is 3.83. The van der Waals surface area contributed by atoms with Crippen molar-refractivity contribution in [3.05, 3.63) is 52.4 Å². The van der Waals surface area contributed by atoms with Crippen LogP contribution in [0.25, 0.3) is 0 Å². The fourth-order valence-electron chi connectivity index (χ4n) is 2.00. The van der Waals surface area contributed by atoms with Crippen molar-refractivity contribution >= 4 is 5.91 Å². The summed E-state index contributed by atoms with van der Waals surface area (Å²) < 4.78 is 31.7. The molecule has 0 aliphatic rings. The fraction of sp³-hybridized carbons (Fsp3) is 0.286. The third-order valence-corrected chi connectivity index (χ3v) is 3.03. The Morgan fingerprint density at radius 3 is 2.65 bits per heavy atom. The van der Waals surface area contributed by atoms with E-state index in [9.17, 15) is 13.6 Å². The first kappa shape index (κ1) is 14.2. The lowest BCUT2D eigenvalue weighted by Crippen LogP contribution is -2.28. The summed E-state index contributed by atoms with van der Waals surface area (Å²) in [6.07, 6.45) is 0. The van der Waals surface area contributed by atoms with Gasteiger partial charge in [-0.25, -0.2) is 8.78 Å². The van der Waals surface area contributed by atoms with E-state index in [4.69, 9.17) is 4.52 Å². The minimum Gasteiger partial charge on any atom is -0.361 e. The SMILES string of the molecule is Cc1noc(C)c1C(=O)NC(C)c1cc(F)ccc1F. The van der Waals surface area contributed by atoms with Crippen LogP contribution in [0.1, 0.15) is 40.3 Å². The normalized spacial score (nSPS) is 12.2. The predicted octanol–water partition coefficient (Wildman–Crippen LogP) is 3.06. The summed E-state index contributed by atoms with van der Waals surface area (Å²) in [7, 11) is 0. The van der Waals surface area contributed by atoms with E-state index in [1.54, 1.807) is 20.8 Å². The molecule has 0 aliphatic heterocycles. The zero-order valence-electron chi connectivity index (χ0n) is 11.3. The minimum atomic E-state index is -0.674. The molecule has 0 fully saturated rings. The Labute approximate surface area is 114 Å². The molecule has 2 aromatic rings. The molecule has 0 aliphatic carbocycles. The maximum Gasteiger partial charge on any atom is 0.257 e. The number of amides is 1. The van der Waals surface area contributed by atoms with Crippen molar-refractivity contribution in [2.75, 3.05) is 0 Å². The van der Waals surface area contributed by atoms with Gasteiger partial charge in [0.15, 0.2) is 0 Å². The van der Waals surface area contributed by atoms with Crippen LogP contribution in [0.4, 0.5) is 8.78 Å². The molecule has 0 saturated carbocycles. The number of rotatable bonds is 3. The molecule has 20 heavy (non-hydrogen) atoms. The van der Waals surface area contributed by atoms with Gasteiger partial charge in [-0.1, -0.05) is 5.16 Å². The average molecular weight is 280 g/mol. The van der Waals surface area contributed by atoms with Crippen molar-refractivity contribution in [2.24, 2.45) is 0 Å². The van der Waals surface area contributed by atoms with Gasteiger partial charge < -0.3 is 9.84 Å². The molecule has 1 aromatic heterocycles. The fourth-order valence-corrected chi connectivity index (χ4v) is 2.00. The zero-order chi connectivity index (χ0) is 14.9. The number of hydrogen-bond acceptors (Lipinski definition) is 3. The highest BCUT2D eigenvalue weighted by Crippen LogP contribution is 2.20. The molecule has 1 unspecified atom stereocenters. The summed E-state index contributed by atoms with van der Waals surface area (Å²) in [6.45, 7) is 4.83. The van der Waals surface area contributed by atoms with E-state index >= 15 is 0 Å². The van der Waals surface area contributed by atoms with E-state index in [2.05, 4.69) is 10.5 Å². The number of carbonyl (C=O) groups excluding carboxylic acids is 1. The van der Waals surface area contributed by atoms with Crippen LogP contribution >= 0.6 is 0 Å². The second kappa shape index (κ2) is 5.40. The van der Waals surface area contributed by atoms with Gasteiger partial charge in [-0.2, -0.15) is 0 Å². The van der Waals surface area contributed by atoms with E-state index in [0.29, 0.717) is 17.0 Å². The number of benzene rings is 1. The molecule has 2 rings (SSSR count). The molecule has 0 saturated heterocycles. The van der Waals surface area contributed by atoms with E-state index in [0.717, 1.165) is 18.2 Å². The van der Waals surface area contributed by atoms with Gasteiger partial charge in [0.2, 0.25) is 0 Å². The van der Waals surface area contributed by atoms with Crippen LogP contribution in [0.5, 0.6) is 0 Å². The van der Waals surface area contributed by atoms with E-state index in [1.807, 2.05) is 0 Å². The van der Waals surface area contributed by atoms with Crippen LogP contribution in [0.15, 0.2) is 22.7 Å². The second-order valence-electron chi connectivity index (χ2n) is 4.56. The summed E-state index contributed by atoms with van der Waals surface area (Å²) in [5, 5.41) is 6.28. The summed E-state index contributed by atoms with van der Waals surface area (Å²) >= 11 is 0. The Balaban J connectivity index is 2.22. The first-order valence-corrected chi connectivity index (χ1v) is 6.09. The van der Waals surface area contributed by atoms with Crippen molar-refractivity contribution in [1.29, 1.82) is 0 Å². The van der Waals surface area contributed by atoms with Gasteiger partial charge in [0.05, 0.1) is 11.7 Å². The maximum absolute atomic E-state index is 13.6. The molecular formula is C14H14F2N2O2. The first-order chi connectivity index (χ1) is 9.40. The standard InChI is InChI=1S/C14H14F2N2O2/c1-7(11-6-10(15)4-5-12(11)16)17-14(19)13-8(2)18-20-9(13)3/h4-7H,1-3H3,(H,17,19). The number of carbonyl (C=O) groups is 1. The van der Waals surface area contributed by atoms with Gasteiger partial charge in [0, 0.05) is 5.56 Å². The number of nitrogens with one attached hydrogen (secondary N) is 1. The molecule has 1 amide bonds. The lowest BCUT2D eigenvalue weighted by Gasteiger charge is -2.15. The predicted molar refractivity (Wildman–Crippen MR) is 68.2 cm³/mol. The highest BCUT2D eigenvalue weighted by molar-refractivity contribution is 5.96. The Morgan fingerprint density at radius 1 is 1.35 bits per heavy atom. The van der Waals surface area contributed by atoms with Crippen molar-refractivity contribution in [1.82, 2.24) is 10.5 Å². The molecule has 1 N–H and O–H groups in total. The van der Waals surface area contributed by atoms with E-state index in [-0.39, 0.29) is 5.56 Å². The third kappa shape index (κ3) is 2.68. The van der Waals surface area contributed by atoms with Gasteiger partial charge in [-0.05, 0) is 39.0 Å². The second-order valence-corrected chi connectivity index (χ2v) is 4.56. The molecule has 4 nitrogen and oxygen atoms in total. The van der Waals surface area contributed by atoms with E-state index < -0.39 is 23.6 Å². The van der Waals surface area contributed by atoms with Crippen LogP contribution < -0.4 is 5.32 Å². The number of aryl methyl sites for hydroxylation is 2. The van der Waals surface area contributed by atoms with Crippen LogP contribution in [0, 0.1) is 25.5 Å². The van der Waals surface area contributed by atoms with Gasteiger partial charge in [0.25, 0.3) is 5.91 Å². The van der Waals surface area contributed by atoms with Crippen LogP contribution in [0.3, 0.4) is 0 Å². The number of halogens is 2. The zero-order valence-corrected chi connectivity index (χ0v) is 11.3. The lowest BCUT2D eigenvalue weighted by atomic mass is 10.1. The van der Waals surface area contributed by atoms with Crippen molar-refractivity contribution in [2.45, 2.75) is 26.8 Å². The maximum atomic E-state index is 13.6. The molecule has 1 aromatic carbocycles. The van der Waals surface area contributed by atoms with Crippen molar-refractivity contribution in [3.8, 4) is 0 Å². The average Bonchev–Trinajstić information content (AvgIpc) is 2.71. The molecule has 0 bridgehead atoms. The number of nitrogens with zero attached hydrogens (tertiary/aromatic N) is 1. The molecule has 1 atom stereocenters. The topological polar surface area (TPSA) is 55.1 Å². The van der Waals surface area contributed by atoms with E-state index in [1.165, 1.54) is 0 Å².